The van der Waals surface area contributed by atoms with Crippen LogP contribution in [0.4, 0.5) is 5.69 Å². The number of anilines is 1. The SMILES string of the molecule is Cc1ccsc1C[NH+](C)CC(=O)Nc1ccc(Cl)cc1Cl. The van der Waals surface area contributed by atoms with Crippen LogP contribution in [0.3, 0.4) is 0 Å². The van der Waals surface area contributed by atoms with Crippen molar-refractivity contribution in [1.29, 1.82) is 0 Å². The summed E-state index contributed by atoms with van der Waals surface area (Å²) in [5, 5.41) is 5.89. The number of amides is 1. The minimum Gasteiger partial charge on any atom is -0.325 e. The quantitative estimate of drug-likeness (QED) is 0.859. The van der Waals surface area contributed by atoms with E-state index >= 15 is 0 Å². The molecule has 2 aromatic rings. The molecule has 0 saturated carbocycles. The molecule has 0 bridgehead atoms. The van der Waals surface area contributed by atoms with Gasteiger partial charge in [0.2, 0.25) is 0 Å². The van der Waals surface area contributed by atoms with Gasteiger partial charge < -0.3 is 10.2 Å². The number of halogens is 2. The fourth-order valence-corrected chi connectivity index (χ4v) is 3.46. The maximum absolute atomic E-state index is 12.1. The lowest BCUT2D eigenvalue weighted by Crippen LogP contribution is -3.08. The average molecular weight is 344 g/mol. The summed E-state index contributed by atoms with van der Waals surface area (Å²) in [6.45, 7) is 3.31. The Labute approximate surface area is 138 Å². The lowest BCUT2D eigenvalue weighted by Gasteiger charge is -2.14. The molecular formula is C15H17Cl2N2OS+. The second-order valence-corrected chi connectivity index (χ2v) is 6.85. The molecule has 0 spiro atoms. The van der Waals surface area contributed by atoms with Crippen molar-refractivity contribution in [2.45, 2.75) is 13.5 Å². The van der Waals surface area contributed by atoms with Gasteiger partial charge in [0.1, 0.15) is 6.54 Å². The van der Waals surface area contributed by atoms with Crippen molar-refractivity contribution >= 4 is 46.1 Å². The highest BCUT2D eigenvalue weighted by molar-refractivity contribution is 7.10. The molecule has 112 valence electrons. The third kappa shape index (κ3) is 4.71. The Morgan fingerprint density at radius 3 is 2.71 bits per heavy atom. The molecule has 1 heterocycles. The summed E-state index contributed by atoms with van der Waals surface area (Å²) >= 11 is 13.6. The number of carbonyl (C=O) groups is 1. The monoisotopic (exact) mass is 343 g/mol. The van der Waals surface area contributed by atoms with Crippen LogP contribution in [0.2, 0.25) is 10.0 Å². The van der Waals surface area contributed by atoms with Crippen LogP contribution >= 0.6 is 34.5 Å². The maximum Gasteiger partial charge on any atom is 0.279 e. The van der Waals surface area contributed by atoms with E-state index in [1.807, 2.05) is 7.05 Å². The van der Waals surface area contributed by atoms with E-state index in [2.05, 4.69) is 23.7 Å². The lowest BCUT2D eigenvalue weighted by molar-refractivity contribution is -0.884. The molecule has 2 N–H and O–H groups in total. The van der Waals surface area contributed by atoms with E-state index in [9.17, 15) is 4.79 Å². The number of hydrogen-bond donors (Lipinski definition) is 2. The molecule has 0 fully saturated rings. The Morgan fingerprint density at radius 2 is 2.10 bits per heavy atom. The van der Waals surface area contributed by atoms with Crippen LogP contribution in [-0.4, -0.2) is 19.5 Å². The molecule has 21 heavy (non-hydrogen) atoms. The highest BCUT2D eigenvalue weighted by atomic mass is 35.5. The van der Waals surface area contributed by atoms with Crippen LogP contribution in [-0.2, 0) is 11.3 Å². The van der Waals surface area contributed by atoms with Gasteiger partial charge in [-0.15, -0.1) is 11.3 Å². The number of carbonyl (C=O) groups excluding carboxylic acids is 1. The summed E-state index contributed by atoms with van der Waals surface area (Å²) in [6, 6.07) is 7.13. The van der Waals surface area contributed by atoms with Crippen molar-refractivity contribution in [3.63, 3.8) is 0 Å². The van der Waals surface area contributed by atoms with Crippen LogP contribution in [0, 0.1) is 6.92 Å². The Kier molecular flexibility index (Phi) is 5.65. The van der Waals surface area contributed by atoms with Crippen molar-refractivity contribution < 1.29 is 9.69 Å². The zero-order valence-electron chi connectivity index (χ0n) is 11.9. The van der Waals surface area contributed by atoms with E-state index in [0.717, 1.165) is 11.4 Å². The third-order valence-electron chi connectivity index (χ3n) is 3.10. The van der Waals surface area contributed by atoms with E-state index in [1.54, 1.807) is 29.5 Å². The van der Waals surface area contributed by atoms with Crippen molar-refractivity contribution in [3.05, 3.63) is 50.1 Å². The van der Waals surface area contributed by atoms with Gasteiger partial charge in [0.15, 0.2) is 6.54 Å². The van der Waals surface area contributed by atoms with Gasteiger partial charge in [-0.2, -0.15) is 0 Å². The van der Waals surface area contributed by atoms with Gasteiger partial charge in [0, 0.05) is 5.02 Å². The van der Waals surface area contributed by atoms with E-state index in [1.165, 1.54) is 10.4 Å². The van der Waals surface area contributed by atoms with Crippen molar-refractivity contribution in [1.82, 2.24) is 0 Å². The summed E-state index contributed by atoms with van der Waals surface area (Å²) in [5.41, 5.74) is 1.87. The first-order chi connectivity index (χ1) is 9.95. The Morgan fingerprint density at radius 1 is 1.33 bits per heavy atom. The molecular weight excluding hydrogens is 327 g/mol. The average Bonchev–Trinajstić information content (AvgIpc) is 2.78. The molecule has 1 amide bonds. The number of aryl methyl sites for hydroxylation is 1. The first-order valence-electron chi connectivity index (χ1n) is 6.55. The van der Waals surface area contributed by atoms with Gasteiger partial charge in [-0.25, -0.2) is 0 Å². The lowest BCUT2D eigenvalue weighted by atomic mass is 10.3. The highest BCUT2D eigenvalue weighted by Gasteiger charge is 2.14. The third-order valence-corrected chi connectivity index (χ3v) is 4.67. The second kappa shape index (κ2) is 7.27. The van der Waals surface area contributed by atoms with E-state index in [-0.39, 0.29) is 5.91 Å². The fourth-order valence-electron chi connectivity index (χ4n) is 1.98. The standard InChI is InChI=1S/C15H16Cl2N2OS/c1-10-5-6-21-14(10)8-19(2)9-15(20)18-13-4-3-11(16)7-12(13)17/h3-7H,8-9H2,1-2H3,(H,18,20)/p+1. The molecule has 1 atom stereocenters. The van der Waals surface area contributed by atoms with Gasteiger partial charge >= 0.3 is 0 Å². The van der Waals surface area contributed by atoms with Gasteiger partial charge in [0.05, 0.1) is 22.6 Å². The topological polar surface area (TPSA) is 33.5 Å². The van der Waals surface area contributed by atoms with Crippen molar-refractivity contribution in [3.8, 4) is 0 Å². The van der Waals surface area contributed by atoms with Gasteiger partial charge in [-0.1, -0.05) is 23.2 Å². The van der Waals surface area contributed by atoms with E-state index in [0.29, 0.717) is 22.3 Å². The summed E-state index contributed by atoms with van der Waals surface area (Å²) in [7, 11) is 2.00. The van der Waals surface area contributed by atoms with Gasteiger partial charge in [0.25, 0.3) is 5.91 Å². The summed E-state index contributed by atoms with van der Waals surface area (Å²) in [4.78, 5) is 14.5. The predicted octanol–water partition coefficient (Wildman–Crippen LogP) is 3.02. The summed E-state index contributed by atoms with van der Waals surface area (Å²) in [5.74, 6) is -0.0640. The summed E-state index contributed by atoms with van der Waals surface area (Å²) < 4.78 is 0. The smallest absolute Gasteiger partial charge is 0.279 e. The molecule has 2 rings (SSSR count). The minimum absolute atomic E-state index is 0.0640. The molecule has 0 saturated heterocycles. The number of hydrogen-bond acceptors (Lipinski definition) is 2. The number of quaternary nitrogens is 1. The summed E-state index contributed by atoms with van der Waals surface area (Å²) in [6.07, 6.45) is 0. The fraction of sp³-hybridized carbons (Fsp3) is 0.267. The first-order valence-corrected chi connectivity index (χ1v) is 8.18. The van der Waals surface area contributed by atoms with Crippen LogP contribution in [0.1, 0.15) is 10.4 Å². The molecule has 6 heteroatoms. The number of rotatable bonds is 5. The Hall–Kier alpha value is -1.07. The molecule has 0 aliphatic carbocycles. The molecule has 1 aromatic heterocycles. The molecule has 0 aliphatic heterocycles. The number of thiophene rings is 1. The van der Waals surface area contributed by atoms with Crippen molar-refractivity contribution in [2.24, 2.45) is 0 Å². The maximum atomic E-state index is 12.1. The molecule has 0 radical (unpaired) electrons. The van der Waals surface area contributed by atoms with E-state index < -0.39 is 0 Å². The van der Waals surface area contributed by atoms with Crippen molar-refractivity contribution in [2.75, 3.05) is 18.9 Å². The molecule has 1 aromatic carbocycles. The van der Waals surface area contributed by atoms with Crippen LogP contribution in [0.15, 0.2) is 29.6 Å². The van der Waals surface area contributed by atoms with Crippen LogP contribution in [0.5, 0.6) is 0 Å². The zero-order valence-corrected chi connectivity index (χ0v) is 14.2. The largest absolute Gasteiger partial charge is 0.325 e. The Balaban J connectivity index is 1.90. The molecule has 0 aliphatic rings. The first kappa shape index (κ1) is 16.3. The molecule has 1 unspecified atom stereocenters. The normalized spacial score (nSPS) is 12.2. The Bertz CT molecular complexity index is 642. The van der Waals surface area contributed by atoms with Crippen LogP contribution in [0.25, 0.3) is 0 Å². The highest BCUT2D eigenvalue weighted by Crippen LogP contribution is 2.25. The number of likely N-dealkylation sites (N-methyl/N-ethyl adjacent to an activating group) is 1. The number of nitrogens with one attached hydrogen (secondary N) is 2. The van der Waals surface area contributed by atoms with E-state index in [4.69, 9.17) is 23.2 Å². The van der Waals surface area contributed by atoms with Gasteiger partial charge in [-0.05, 0) is 42.1 Å². The predicted molar refractivity (Wildman–Crippen MR) is 89.6 cm³/mol. The minimum atomic E-state index is -0.0640. The van der Waals surface area contributed by atoms with Gasteiger partial charge in [-0.3, -0.25) is 4.79 Å². The second-order valence-electron chi connectivity index (χ2n) is 5.01. The molecule has 3 nitrogen and oxygen atoms in total. The van der Waals surface area contributed by atoms with Crippen LogP contribution < -0.4 is 10.2 Å². The zero-order chi connectivity index (χ0) is 15.4. The number of benzene rings is 1.